The number of aromatic amines is 4. The number of anilines is 2. The molecule has 12 aromatic rings. The maximum Gasteiger partial charge on any atom is 0.280 e. The van der Waals surface area contributed by atoms with Crippen molar-refractivity contribution in [2.45, 2.75) is 0 Å². The van der Waals surface area contributed by atoms with E-state index in [1.807, 2.05) is 170 Å². The predicted molar refractivity (Wildman–Crippen MR) is 457 cm³/mol. The molecule has 4 amide bonds. The van der Waals surface area contributed by atoms with Crippen molar-refractivity contribution >= 4 is 225 Å². The molecule has 0 aliphatic carbocycles. The summed E-state index contributed by atoms with van der Waals surface area (Å²) in [5.41, 5.74) is -0.0550. The van der Waals surface area contributed by atoms with Crippen molar-refractivity contribution in [1.82, 2.24) is 19.9 Å². The van der Waals surface area contributed by atoms with E-state index in [1.165, 1.54) is 30.3 Å². The number of aliphatic imine (C=N–C) groups is 4. The van der Waals surface area contributed by atoms with E-state index in [1.54, 1.807) is 42.5 Å². The second-order valence-corrected chi connectivity index (χ2v) is 33.6. The van der Waals surface area contributed by atoms with Gasteiger partial charge in [0.1, 0.15) is 23.3 Å². The summed E-state index contributed by atoms with van der Waals surface area (Å²) in [4.78, 5) is 79.9. The van der Waals surface area contributed by atoms with Crippen molar-refractivity contribution in [3.63, 3.8) is 0 Å². The molecule has 0 fully saturated rings. The monoisotopic (exact) mass is 2370 g/mol. The average molecular weight is 2370 g/mol. The van der Waals surface area contributed by atoms with Crippen LogP contribution in [-0.4, -0.2) is 115 Å². The van der Waals surface area contributed by atoms with E-state index in [0.29, 0.717) is 29.7 Å². The van der Waals surface area contributed by atoms with Gasteiger partial charge in [-0.15, -0.1) is 0 Å². The van der Waals surface area contributed by atoms with Gasteiger partial charge in [0, 0.05) is 88.8 Å². The van der Waals surface area contributed by atoms with Crippen LogP contribution in [0.15, 0.2) is 138 Å². The van der Waals surface area contributed by atoms with E-state index in [-0.39, 0.29) is 90.9 Å². The molecular weight excluding hydrogens is 2330 g/mol. The number of benzene rings is 8. The van der Waals surface area contributed by atoms with E-state index in [4.69, 9.17) is 0 Å². The Kier molecular flexibility index (Phi) is 23.8. The number of hydrogen-bond acceptors (Lipinski definition) is 10. The maximum atomic E-state index is 14.4. The summed E-state index contributed by atoms with van der Waals surface area (Å²) in [6.07, 6.45) is 0. The first-order valence-electron chi connectivity index (χ1n) is 32.0. The fourth-order valence-electron chi connectivity index (χ4n) is 12.6. The zero-order valence-corrected chi connectivity index (χ0v) is 73.2. The molecule has 18 nitrogen and oxygen atoms in total. The Labute approximate surface area is 731 Å². The summed E-state index contributed by atoms with van der Waals surface area (Å²) in [6, 6.07) is 29.7. The third-order valence-electron chi connectivity index (χ3n) is 17.7. The number of H-pyrrole nitrogens is 4. The van der Waals surface area contributed by atoms with Crippen molar-refractivity contribution in [2.24, 2.45) is 20.0 Å². The van der Waals surface area contributed by atoms with Crippen molar-refractivity contribution in [3.05, 3.63) is 276 Å². The van der Waals surface area contributed by atoms with E-state index in [0.717, 1.165) is 36.8 Å². The number of nitrogens with zero attached hydrogens (tertiary/aromatic N) is 6. The van der Waals surface area contributed by atoms with Gasteiger partial charge in [0.15, 0.2) is 70.1 Å². The van der Waals surface area contributed by atoms with Crippen molar-refractivity contribution in [1.29, 1.82) is 0 Å². The van der Waals surface area contributed by atoms with Crippen LogP contribution in [0.2, 0.25) is 0 Å². The lowest BCUT2D eigenvalue weighted by atomic mass is 9.98. The molecule has 38 heteroatoms. The topological polar surface area (TPSA) is 268 Å². The van der Waals surface area contributed by atoms with Crippen LogP contribution < -0.4 is 9.80 Å². The quantitative estimate of drug-likeness (QED) is 0.0278. The summed E-state index contributed by atoms with van der Waals surface area (Å²) in [5.74, 6) is -22.8. The highest BCUT2D eigenvalue weighted by atomic mass is 127. The number of carbonyl (C=O) groups excluding carboxylic acids is 4. The second-order valence-electron chi connectivity index (χ2n) is 24.9. The second kappa shape index (κ2) is 32.6. The van der Waals surface area contributed by atoms with Gasteiger partial charge in [-0.1, -0.05) is 24.3 Å². The Morgan fingerprint density at radius 3 is 1.11 bits per heavy atom. The molecule has 580 valence electrons. The Hall–Kier alpha value is -8.46. The largest absolute Gasteiger partial charge is 0.494 e. The zero-order chi connectivity index (χ0) is 82.7. The van der Waals surface area contributed by atoms with Crippen LogP contribution >= 0.6 is 167 Å². The lowest BCUT2D eigenvalue weighted by molar-refractivity contribution is 0.0998. The van der Waals surface area contributed by atoms with Crippen LogP contribution in [0.25, 0.3) is 45.0 Å². The van der Waals surface area contributed by atoms with Gasteiger partial charge in [-0.3, -0.25) is 19.2 Å². The maximum absolute atomic E-state index is 14.4. The first kappa shape index (κ1) is 83.5. The summed E-state index contributed by atoms with van der Waals surface area (Å²) < 4.78 is 173. The fraction of sp³-hybridized carbons (Fsp3) is 0.0526. The standard InChI is InChI=1S/C22H20I2N4O2.C18H2Br2F8N2O2.2C18H8F2I2N2O2/c1-27(2)15-7-5-11(9-13(15)23)19-17-18(22(30)25-19)20(26-21(17)29)12-6-8-16(28(3)4)14(24)10-12;19-5-11(25)7(21)3(8(22)12(5)26)15-1-2(18(32)29-15)16(30-17(1)31)4-9(23)13(27)6(20)14(28)10(4)24;19-11-3-1-7(21)5-9(11)15-13-14(18(26)23-15)16(24-17(13)25)10-6-8(22)2-4-12(10)20;19-7-3-1-5-9(21)11(7)15-13-14(18(26)23-15)16(24-17(13)25)12-8(20)4-2-6-10(12)22/h5-10,25,30H,1-4H3;29,32H;2*1-6,23,26H. The van der Waals surface area contributed by atoms with Gasteiger partial charge in [-0.25, -0.2) is 72.7 Å². The highest BCUT2D eigenvalue weighted by molar-refractivity contribution is 14.1. The van der Waals surface area contributed by atoms with Crippen molar-refractivity contribution in [3.8, 4) is 68.5 Å². The van der Waals surface area contributed by atoms with Gasteiger partial charge in [0.25, 0.3) is 23.6 Å². The SMILES string of the molecule is CN(C)c1ccc(C2=NC(=O)c3c(-c4ccc(N(C)C)c(I)c4)[nH]c(O)c32)cc1I.O=C1N=C(c2c(F)c(F)c(Br)c(F)c2F)c2c(O)[nH]c(-c3c(F)c(F)c(Br)c(F)c3F)c21.O=C1N=C(c2c(F)cccc2I)c2c(O)[nH]c(-c3c(F)cccc3I)c21.O=C1N=C(c2cc(I)ccc2F)c2c(O)[nH]c(-c3cc(I)ccc3F)c21. The lowest BCUT2D eigenvalue weighted by Gasteiger charge is -2.15. The van der Waals surface area contributed by atoms with Crippen LogP contribution in [0.3, 0.4) is 0 Å². The normalized spacial score (nSPS) is 13.0. The first-order valence-corrected chi connectivity index (χ1v) is 40.0. The average Bonchev–Trinajstić information content (AvgIpc) is 1.57. The van der Waals surface area contributed by atoms with Crippen LogP contribution in [0.1, 0.15) is 85.9 Å². The molecule has 0 atom stereocenters. The third kappa shape index (κ3) is 14.8. The Balaban J connectivity index is 0.000000133. The van der Waals surface area contributed by atoms with E-state index >= 15 is 0 Å². The minimum absolute atomic E-state index is 0.0343. The van der Waals surface area contributed by atoms with Gasteiger partial charge in [0.2, 0.25) is 0 Å². The number of amides is 4. The molecule has 4 aliphatic rings. The molecule has 8 N–H and O–H groups in total. The minimum atomic E-state index is -2.00. The van der Waals surface area contributed by atoms with Crippen molar-refractivity contribution < 1.29 is 92.3 Å². The third-order valence-corrected chi connectivity index (χ3v) is 24.0. The summed E-state index contributed by atoms with van der Waals surface area (Å²) >= 11 is 17.1. The lowest BCUT2D eigenvalue weighted by Crippen LogP contribution is -2.12. The van der Waals surface area contributed by atoms with Gasteiger partial charge < -0.3 is 50.2 Å². The predicted octanol–water partition coefficient (Wildman–Crippen LogP) is 20.5. The number of aromatic nitrogens is 4. The molecule has 16 rings (SSSR count). The van der Waals surface area contributed by atoms with Crippen LogP contribution in [0.5, 0.6) is 23.5 Å². The van der Waals surface area contributed by atoms with Crippen LogP contribution in [0, 0.1) is 91.2 Å². The molecule has 0 saturated carbocycles. The summed E-state index contributed by atoms with van der Waals surface area (Å²) in [5, 5.41) is 41.6. The first-order chi connectivity index (χ1) is 53.8. The molecular formula is C76H38Br2F12I6N10O8. The van der Waals surface area contributed by atoms with Gasteiger partial charge >= 0.3 is 0 Å². The number of halogens is 20. The molecule has 8 heterocycles. The fourth-order valence-corrected chi connectivity index (χ4v) is 17.8. The van der Waals surface area contributed by atoms with Crippen molar-refractivity contribution in [2.75, 3.05) is 38.0 Å². The smallest absolute Gasteiger partial charge is 0.280 e. The number of carbonyl (C=O) groups is 4. The number of rotatable bonds is 10. The van der Waals surface area contributed by atoms with Gasteiger partial charge in [0.05, 0.1) is 116 Å². The Morgan fingerprint density at radius 2 is 0.658 bits per heavy atom. The van der Waals surface area contributed by atoms with Crippen LogP contribution in [0.4, 0.5) is 64.1 Å². The molecule has 0 radical (unpaired) electrons. The zero-order valence-electron chi connectivity index (χ0n) is 57.1. The molecule has 114 heavy (non-hydrogen) atoms. The Bertz CT molecular complexity index is 6300. The van der Waals surface area contributed by atoms with Gasteiger partial charge in [-0.2, -0.15) is 0 Å². The highest BCUT2D eigenvalue weighted by Gasteiger charge is 2.43. The molecule has 0 saturated heterocycles. The number of fused-ring (bicyclic) bond motifs is 4. The highest BCUT2D eigenvalue weighted by Crippen LogP contribution is 2.47. The summed E-state index contributed by atoms with van der Waals surface area (Å²) in [7, 11) is 7.95. The number of hydrogen-bond donors (Lipinski definition) is 8. The number of aromatic hydroxyl groups is 4. The van der Waals surface area contributed by atoms with Gasteiger partial charge in [-0.05, 0) is 252 Å². The molecule has 4 aliphatic heterocycles. The van der Waals surface area contributed by atoms with E-state index < -0.39 is 136 Å². The molecule has 0 spiro atoms. The molecule has 8 aromatic carbocycles. The molecule has 4 aromatic heterocycles. The minimum Gasteiger partial charge on any atom is -0.494 e. The number of nitrogens with one attached hydrogen (secondary N) is 4. The summed E-state index contributed by atoms with van der Waals surface area (Å²) in [6.45, 7) is 0. The van der Waals surface area contributed by atoms with E-state index in [9.17, 15) is 92.3 Å². The van der Waals surface area contributed by atoms with Crippen LogP contribution in [-0.2, 0) is 0 Å². The molecule has 0 bridgehead atoms. The molecule has 0 unspecified atom stereocenters. The Morgan fingerprint density at radius 1 is 0.316 bits per heavy atom. The van der Waals surface area contributed by atoms with E-state index in [2.05, 4.69) is 112 Å².